The van der Waals surface area contributed by atoms with Crippen molar-refractivity contribution in [2.75, 3.05) is 13.4 Å². The van der Waals surface area contributed by atoms with E-state index in [2.05, 4.69) is 0 Å². The lowest BCUT2D eigenvalue weighted by atomic mass is 9.80. The summed E-state index contributed by atoms with van der Waals surface area (Å²) in [7, 11) is 0. The largest absolute Gasteiger partial charge is 0.446 e. The van der Waals surface area contributed by atoms with E-state index in [1.165, 1.54) is 6.07 Å². The standard InChI is InChI=1S/C19H21F7O2S/c1-2-27-10-28-16-15-13(9-18(16,22)23)12(3-4-14(15)29-19(24,25)26)11-5-7-17(20,21)8-6-11/h3-4,11,16H,2,5-10H2,1H3/t16-/m0/s1. The Hall–Kier alpha value is -1.00. The van der Waals surface area contributed by atoms with E-state index in [-0.39, 0.29) is 48.3 Å². The van der Waals surface area contributed by atoms with E-state index in [4.69, 9.17) is 9.47 Å². The summed E-state index contributed by atoms with van der Waals surface area (Å²) >= 11 is -0.469. The van der Waals surface area contributed by atoms with Crippen LogP contribution in [0.3, 0.4) is 0 Å². The van der Waals surface area contributed by atoms with Crippen molar-refractivity contribution >= 4 is 11.8 Å². The minimum absolute atomic E-state index is 0.0842. The van der Waals surface area contributed by atoms with Crippen LogP contribution in [0, 0.1) is 0 Å². The summed E-state index contributed by atoms with van der Waals surface area (Å²) in [5.74, 6) is -6.61. The SMILES string of the molecule is CCOCO[C@H]1c2c(SC(F)(F)F)ccc(C3CCC(F)(F)CC3)c2CC1(F)F. The molecule has 29 heavy (non-hydrogen) atoms. The Morgan fingerprint density at radius 2 is 1.76 bits per heavy atom. The molecular formula is C19H21F7O2S. The van der Waals surface area contributed by atoms with Gasteiger partial charge in [0.05, 0.1) is 0 Å². The first-order valence-electron chi connectivity index (χ1n) is 9.30. The lowest BCUT2D eigenvalue weighted by Crippen LogP contribution is -2.26. The molecule has 2 aliphatic carbocycles. The smallest absolute Gasteiger partial charge is 0.356 e. The van der Waals surface area contributed by atoms with Gasteiger partial charge in [0.15, 0.2) is 6.10 Å². The van der Waals surface area contributed by atoms with E-state index in [0.717, 1.165) is 6.07 Å². The van der Waals surface area contributed by atoms with Gasteiger partial charge in [-0.2, -0.15) is 13.2 Å². The molecule has 1 atom stereocenters. The monoisotopic (exact) mass is 446 g/mol. The second-order valence-electron chi connectivity index (χ2n) is 7.32. The Labute approximate surface area is 168 Å². The third-order valence-electron chi connectivity index (χ3n) is 5.32. The Balaban J connectivity index is 2.00. The lowest BCUT2D eigenvalue weighted by molar-refractivity contribution is -0.175. The first-order valence-corrected chi connectivity index (χ1v) is 10.1. The third-order valence-corrected chi connectivity index (χ3v) is 6.12. The number of halogens is 7. The molecule has 0 aliphatic heterocycles. The van der Waals surface area contributed by atoms with Crippen molar-refractivity contribution in [3.63, 3.8) is 0 Å². The van der Waals surface area contributed by atoms with E-state index in [1.807, 2.05) is 0 Å². The van der Waals surface area contributed by atoms with Crippen LogP contribution in [0.1, 0.15) is 61.3 Å². The number of rotatable bonds is 6. The highest BCUT2D eigenvalue weighted by atomic mass is 32.2. The van der Waals surface area contributed by atoms with Crippen LogP contribution in [0.4, 0.5) is 30.7 Å². The third kappa shape index (κ3) is 5.19. The molecule has 1 aromatic carbocycles. The second kappa shape index (κ2) is 8.26. The lowest BCUT2D eigenvalue weighted by Gasteiger charge is -2.30. The molecule has 10 heteroatoms. The van der Waals surface area contributed by atoms with Crippen LogP contribution >= 0.6 is 11.8 Å². The molecule has 3 rings (SSSR count). The van der Waals surface area contributed by atoms with Crippen LogP contribution in [-0.4, -0.2) is 30.8 Å². The van der Waals surface area contributed by atoms with E-state index in [9.17, 15) is 30.7 Å². The maximum Gasteiger partial charge on any atom is 0.446 e. The number of hydrogen-bond donors (Lipinski definition) is 0. The summed E-state index contributed by atoms with van der Waals surface area (Å²) in [5, 5.41) is 0. The van der Waals surface area contributed by atoms with Crippen LogP contribution in [0.2, 0.25) is 0 Å². The second-order valence-corrected chi connectivity index (χ2v) is 8.43. The molecule has 1 fully saturated rings. The molecule has 1 aromatic rings. The Bertz CT molecular complexity index is 726. The molecule has 164 valence electrons. The summed E-state index contributed by atoms with van der Waals surface area (Å²) in [6, 6.07) is 2.53. The summed E-state index contributed by atoms with van der Waals surface area (Å²) < 4.78 is 106. The van der Waals surface area contributed by atoms with Crippen molar-refractivity contribution in [1.29, 1.82) is 0 Å². The highest BCUT2D eigenvalue weighted by Crippen LogP contribution is 2.54. The molecule has 0 amide bonds. The van der Waals surface area contributed by atoms with Gasteiger partial charge >= 0.3 is 5.51 Å². The zero-order chi connectivity index (χ0) is 21.4. The van der Waals surface area contributed by atoms with E-state index >= 15 is 0 Å². The van der Waals surface area contributed by atoms with Gasteiger partial charge < -0.3 is 9.47 Å². The Kier molecular flexibility index (Phi) is 6.46. The number of thioether (sulfide) groups is 1. The molecule has 0 spiro atoms. The first kappa shape index (κ1) is 22.7. The number of benzene rings is 1. The fourth-order valence-corrected chi connectivity index (χ4v) is 4.76. The Morgan fingerprint density at radius 3 is 2.34 bits per heavy atom. The van der Waals surface area contributed by atoms with Crippen molar-refractivity contribution in [3.05, 3.63) is 28.8 Å². The fourth-order valence-electron chi connectivity index (χ4n) is 4.04. The molecule has 0 bridgehead atoms. The number of ether oxygens (including phenoxy) is 2. The van der Waals surface area contributed by atoms with Crippen molar-refractivity contribution in [1.82, 2.24) is 0 Å². The molecule has 0 heterocycles. The minimum Gasteiger partial charge on any atom is -0.356 e. The molecule has 0 N–H and O–H groups in total. The molecule has 2 nitrogen and oxygen atoms in total. The topological polar surface area (TPSA) is 18.5 Å². The number of fused-ring (bicyclic) bond motifs is 1. The number of alkyl halides is 7. The normalized spacial score (nSPS) is 23.9. The molecule has 0 aromatic heterocycles. The maximum absolute atomic E-state index is 14.7. The average Bonchev–Trinajstić information content (AvgIpc) is 2.86. The van der Waals surface area contributed by atoms with Crippen molar-refractivity contribution in [3.8, 4) is 0 Å². The van der Waals surface area contributed by atoms with Gasteiger partial charge in [0, 0.05) is 36.3 Å². The highest BCUT2D eigenvalue weighted by molar-refractivity contribution is 8.00. The fraction of sp³-hybridized carbons (Fsp3) is 0.684. The van der Waals surface area contributed by atoms with E-state index in [1.54, 1.807) is 6.92 Å². The van der Waals surface area contributed by atoms with Gasteiger partial charge in [0.2, 0.25) is 5.92 Å². The van der Waals surface area contributed by atoms with Crippen LogP contribution < -0.4 is 0 Å². The Morgan fingerprint density at radius 1 is 1.10 bits per heavy atom. The van der Waals surface area contributed by atoms with E-state index in [0.29, 0.717) is 5.56 Å². The molecule has 0 saturated heterocycles. The van der Waals surface area contributed by atoms with Gasteiger partial charge in [-0.1, -0.05) is 6.07 Å². The predicted octanol–water partition coefficient (Wildman–Crippen LogP) is 6.83. The van der Waals surface area contributed by atoms with Crippen molar-refractivity contribution in [2.45, 2.75) is 73.3 Å². The molecule has 0 unspecified atom stereocenters. The van der Waals surface area contributed by atoms with Gasteiger partial charge in [-0.3, -0.25) is 0 Å². The zero-order valence-corrected chi connectivity index (χ0v) is 16.4. The van der Waals surface area contributed by atoms with Crippen LogP contribution in [0.15, 0.2) is 17.0 Å². The van der Waals surface area contributed by atoms with Crippen LogP contribution in [0.5, 0.6) is 0 Å². The van der Waals surface area contributed by atoms with Gasteiger partial charge in [0.25, 0.3) is 5.92 Å². The summed E-state index contributed by atoms with van der Waals surface area (Å²) in [6.45, 7) is 1.35. The van der Waals surface area contributed by atoms with Gasteiger partial charge in [-0.05, 0) is 54.6 Å². The zero-order valence-electron chi connectivity index (χ0n) is 15.6. The van der Waals surface area contributed by atoms with Gasteiger partial charge in [0.1, 0.15) is 6.79 Å². The van der Waals surface area contributed by atoms with Gasteiger partial charge in [-0.15, -0.1) is 0 Å². The van der Waals surface area contributed by atoms with Crippen molar-refractivity contribution < 1.29 is 40.2 Å². The number of hydrogen-bond acceptors (Lipinski definition) is 3. The molecule has 1 saturated carbocycles. The highest BCUT2D eigenvalue weighted by Gasteiger charge is 2.52. The molecular weight excluding hydrogens is 425 g/mol. The van der Waals surface area contributed by atoms with Gasteiger partial charge in [-0.25, -0.2) is 17.6 Å². The molecule has 2 aliphatic rings. The van der Waals surface area contributed by atoms with Crippen LogP contribution in [-0.2, 0) is 15.9 Å². The predicted molar refractivity (Wildman–Crippen MR) is 93.5 cm³/mol. The summed E-state index contributed by atoms with van der Waals surface area (Å²) in [5.41, 5.74) is -4.36. The quantitative estimate of drug-likeness (QED) is 0.206. The maximum atomic E-state index is 14.7. The summed E-state index contributed by atoms with van der Waals surface area (Å²) in [4.78, 5) is -0.351. The molecule has 0 radical (unpaired) electrons. The van der Waals surface area contributed by atoms with Crippen molar-refractivity contribution in [2.24, 2.45) is 0 Å². The van der Waals surface area contributed by atoms with E-state index < -0.39 is 54.4 Å². The van der Waals surface area contributed by atoms with Crippen LogP contribution in [0.25, 0.3) is 0 Å². The average molecular weight is 446 g/mol. The summed E-state index contributed by atoms with van der Waals surface area (Å²) in [6.07, 6.45) is -3.20. The first-order chi connectivity index (χ1) is 13.4. The minimum atomic E-state index is -4.66.